The topological polar surface area (TPSA) is 57.5 Å². The second-order valence-corrected chi connectivity index (χ2v) is 3.05. The highest BCUT2D eigenvalue weighted by atomic mass is 16.4. The summed E-state index contributed by atoms with van der Waals surface area (Å²) in [7, 11) is 0. The van der Waals surface area contributed by atoms with Gasteiger partial charge in [0.1, 0.15) is 0 Å². The lowest BCUT2D eigenvalue weighted by Gasteiger charge is -1.97. The van der Waals surface area contributed by atoms with E-state index in [2.05, 4.69) is 0 Å². The van der Waals surface area contributed by atoms with Crippen LogP contribution in [0.2, 0.25) is 0 Å². The first-order chi connectivity index (χ1) is 6.59. The van der Waals surface area contributed by atoms with Crippen molar-refractivity contribution < 1.29 is 15.0 Å². The van der Waals surface area contributed by atoms with Crippen LogP contribution >= 0.6 is 0 Å². The van der Waals surface area contributed by atoms with Gasteiger partial charge in [-0.1, -0.05) is 35.9 Å². The van der Waals surface area contributed by atoms with Crippen molar-refractivity contribution in [1.29, 1.82) is 0 Å². The summed E-state index contributed by atoms with van der Waals surface area (Å²) >= 11 is 0. The third-order valence-corrected chi connectivity index (χ3v) is 1.80. The van der Waals surface area contributed by atoms with Crippen LogP contribution in [0.25, 0.3) is 6.08 Å². The molecule has 0 saturated heterocycles. The van der Waals surface area contributed by atoms with E-state index in [1.165, 1.54) is 6.08 Å². The van der Waals surface area contributed by atoms with Gasteiger partial charge in [-0.05, 0) is 18.6 Å². The third kappa shape index (κ3) is 3.03. The van der Waals surface area contributed by atoms with Gasteiger partial charge in [-0.3, -0.25) is 0 Å². The molecular formula is C11H12O3. The number of carboxylic acids is 1. The third-order valence-electron chi connectivity index (χ3n) is 1.80. The van der Waals surface area contributed by atoms with Crippen LogP contribution in [0, 0.1) is 6.92 Å². The van der Waals surface area contributed by atoms with E-state index in [4.69, 9.17) is 10.2 Å². The van der Waals surface area contributed by atoms with Crippen molar-refractivity contribution in [1.82, 2.24) is 0 Å². The first kappa shape index (κ1) is 10.5. The number of hydrogen-bond acceptors (Lipinski definition) is 2. The molecule has 0 aliphatic heterocycles. The zero-order valence-electron chi connectivity index (χ0n) is 7.84. The fourth-order valence-corrected chi connectivity index (χ4v) is 0.962. The second-order valence-electron chi connectivity index (χ2n) is 3.05. The molecule has 1 aromatic rings. The first-order valence-electron chi connectivity index (χ1n) is 4.25. The van der Waals surface area contributed by atoms with Gasteiger partial charge in [-0.25, -0.2) is 4.79 Å². The van der Waals surface area contributed by atoms with Gasteiger partial charge in [0, 0.05) is 0 Å². The summed E-state index contributed by atoms with van der Waals surface area (Å²) < 4.78 is 0. The molecule has 0 bridgehead atoms. The average Bonchev–Trinajstić information content (AvgIpc) is 2.16. The van der Waals surface area contributed by atoms with Gasteiger partial charge < -0.3 is 10.2 Å². The molecule has 0 amide bonds. The lowest BCUT2D eigenvalue weighted by Crippen LogP contribution is -2.15. The van der Waals surface area contributed by atoms with Crippen LogP contribution in [0.4, 0.5) is 0 Å². The summed E-state index contributed by atoms with van der Waals surface area (Å²) in [5.41, 5.74) is 2.01. The molecule has 1 unspecified atom stereocenters. The molecule has 0 saturated carbocycles. The zero-order chi connectivity index (χ0) is 10.6. The molecule has 0 heterocycles. The number of hydrogen-bond donors (Lipinski definition) is 2. The Labute approximate surface area is 82.3 Å². The maximum atomic E-state index is 10.3. The highest BCUT2D eigenvalue weighted by molar-refractivity contribution is 5.75. The molecule has 0 fully saturated rings. The molecule has 1 aromatic carbocycles. The minimum absolute atomic E-state index is 0.871. The molecular weight excluding hydrogens is 180 g/mol. The Morgan fingerprint density at radius 1 is 1.36 bits per heavy atom. The fourth-order valence-electron chi connectivity index (χ4n) is 0.962. The van der Waals surface area contributed by atoms with E-state index >= 15 is 0 Å². The van der Waals surface area contributed by atoms with Crippen molar-refractivity contribution in [3.63, 3.8) is 0 Å². The molecule has 0 aliphatic carbocycles. The van der Waals surface area contributed by atoms with Crippen molar-refractivity contribution in [3.05, 3.63) is 41.5 Å². The molecule has 0 radical (unpaired) electrons. The van der Waals surface area contributed by atoms with E-state index in [0.29, 0.717) is 0 Å². The summed E-state index contributed by atoms with van der Waals surface area (Å²) in [5, 5.41) is 17.4. The highest BCUT2D eigenvalue weighted by Crippen LogP contribution is 2.05. The van der Waals surface area contributed by atoms with Gasteiger partial charge in [-0.15, -0.1) is 0 Å². The van der Waals surface area contributed by atoms with E-state index in [0.717, 1.165) is 11.1 Å². The van der Waals surface area contributed by atoms with Crippen molar-refractivity contribution in [2.24, 2.45) is 0 Å². The zero-order valence-corrected chi connectivity index (χ0v) is 7.84. The minimum Gasteiger partial charge on any atom is -0.479 e. The molecule has 0 aromatic heterocycles. The van der Waals surface area contributed by atoms with Crippen LogP contribution in [-0.2, 0) is 4.79 Å². The van der Waals surface area contributed by atoms with Gasteiger partial charge in [0.05, 0.1) is 0 Å². The van der Waals surface area contributed by atoms with E-state index in [-0.39, 0.29) is 0 Å². The van der Waals surface area contributed by atoms with Gasteiger partial charge in [0.15, 0.2) is 6.10 Å². The number of aliphatic carboxylic acids is 1. The van der Waals surface area contributed by atoms with Crippen LogP contribution in [-0.4, -0.2) is 22.3 Å². The standard InChI is InChI=1S/C11H12O3/c1-8-2-4-9(5-3-8)6-7-10(12)11(13)14/h2-7,10,12H,1H3,(H,13,14)/b7-6+. The summed E-state index contributed by atoms with van der Waals surface area (Å²) in [6, 6.07) is 7.57. The predicted octanol–water partition coefficient (Wildman–Crippen LogP) is 1.45. The van der Waals surface area contributed by atoms with Crippen molar-refractivity contribution in [2.75, 3.05) is 0 Å². The van der Waals surface area contributed by atoms with Crippen LogP contribution in [0.1, 0.15) is 11.1 Å². The van der Waals surface area contributed by atoms with Crippen molar-refractivity contribution in [2.45, 2.75) is 13.0 Å². The number of rotatable bonds is 3. The number of aryl methyl sites for hydroxylation is 1. The number of aliphatic hydroxyl groups excluding tert-OH is 1. The molecule has 3 heteroatoms. The summed E-state index contributed by atoms with van der Waals surface area (Å²) in [5.74, 6) is -1.24. The Bertz CT molecular complexity index is 338. The Balaban J connectivity index is 2.69. The summed E-state index contributed by atoms with van der Waals surface area (Å²) in [6.07, 6.45) is 1.39. The lowest BCUT2D eigenvalue weighted by atomic mass is 10.1. The molecule has 1 atom stereocenters. The monoisotopic (exact) mass is 192 g/mol. The Hall–Kier alpha value is -1.61. The molecule has 74 valence electrons. The minimum atomic E-state index is -1.43. The smallest absolute Gasteiger partial charge is 0.336 e. The highest BCUT2D eigenvalue weighted by Gasteiger charge is 2.06. The first-order valence-corrected chi connectivity index (χ1v) is 4.25. The number of benzene rings is 1. The van der Waals surface area contributed by atoms with E-state index in [1.807, 2.05) is 31.2 Å². The maximum absolute atomic E-state index is 10.3. The van der Waals surface area contributed by atoms with E-state index < -0.39 is 12.1 Å². The predicted molar refractivity (Wildman–Crippen MR) is 53.9 cm³/mol. The second kappa shape index (κ2) is 4.58. The Morgan fingerprint density at radius 2 is 1.93 bits per heavy atom. The molecule has 0 aliphatic rings. The number of carbonyl (C=O) groups is 1. The Morgan fingerprint density at radius 3 is 2.43 bits per heavy atom. The Kier molecular flexibility index (Phi) is 3.42. The molecule has 1 rings (SSSR count). The van der Waals surface area contributed by atoms with Crippen LogP contribution in [0.3, 0.4) is 0 Å². The average molecular weight is 192 g/mol. The molecule has 0 spiro atoms. The largest absolute Gasteiger partial charge is 0.479 e. The lowest BCUT2D eigenvalue weighted by molar-refractivity contribution is -0.143. The molecule has 14 heavy (non-hydrogen) atoms. The maximum Gasteiger partial charge on any atom is 0.336 e. The van der Waals surface area contributed by atoms with Gasteiger partial charge >= 0.3 is 5.97 Å². The van der Waals surface area contributed by atoms with Crippen LogP contribution in [0.15, 0.2) is 30.3 Å². The SMILES string of the molecule is Cc1ccc(/C=C/C(O)C(=O)O)cc1. The summed E-state index contributed by atoms with van der Waals surface area (Å²) in [4.78, 5) is 10.3. The van der Waals surface area contributed by atoms with Crippen molar-refractivity contribution >= 4 is 12.0 Å². The van der Waals surface area contributed by atoms with Gasteiger partial charge in [0.25, 0.3) is 0 Å². The van der Waals surface area contributed by atoms with E-state index in [9.17, 15) is 4.79 Å². The van der Waals surface area contributed by atoms with Gasteiger partial charge in [0.2, 0.25) is 0 Å². The molecule has 3 nitrogen and oxygen atoms in total. The normalized spacial score (nSPS) is 13.0. The van der Waals surface area contributed by atoms with Gasteiger partial charge in [-0.2, -0.15) is 0 Å². The quantitative estimate of drug-likeness (QED) is 0.762. The summed E-state index contributed by atoms with van der Waals surface area (Å²) in [6.45, 7) is 1.97. The van der Waals surface area contributed by atoms with Crippen LogP contribution < -0.4 is 0 Å². The number of carboxylic acid groups (broad SMARTS) is 1. The fraction of sp³-hybridized carbons (Fsp3) is 0.182. The van der Waals surface area contributed by atoms with Crippen molar-refractivity contribution in [3.8, 4) is 0 Å². The molecule has 2 N–H and O–H groups in total. The van der Waals surface area contributed by atoms with E-state index in [1.54, 1.807) is 6.08 Å². The number of aliphatic hydroxyl groups is 1. The van der Waals surface area contributed by atoms with Crippen LogP contribution in [0.5, 0.6) is 0 Å².